The summed E-state index contributed by atoms with van der Waals surface area (Å²) in [4.78, 5) is 12.1. The van der Waals surface area contributed by atoms with Gasteiger partial charge in [0.15, 0.2) is 0 Å². The lowest BCUT2D eigenvalue weighted by Gasteiger charge is -2.17. The number of rotatable bonds is 6. The first kappa shape index (κ1) is 16.9. The molecule has 2 heterocycles. The van der Waals surface area contributed by atoms with Gasteiger partial charge in [-0.1, -0.05) is 43.9 Å². The number of H-pyrrole nitrogens is 1. The first-order chi connectivity index (χ1) is 12.9. The normalized spacial score (nSPS) is 15.7. The van der Waals surface area contributed by atoms with Crippen molar-refractivity contribution in [1.82, 2.24) is 15.0 Å². The molecule has 0 aliphatic heterocycles. The quantitative estimate of drug-likeness (QED) is 0.562. The van der Waals surface area contributed by atoms with Crippen LogP contribution in [0, 0.1) is 0 Å². The number of nitrogens with one attached hydrogen (secondary N) is 3. The van der Waals surface area contributed by atoms with E-state index in [2.05, 4.69) is 56.0 Å². The van der Waals surface area contributed by atoms with E-state index in [-0.39, 0.29) is 0 Å². The fraction of sp³-hybridized carbons (Fsp3) is 0.429. The fourth-order valence-electron chi connectivity index (χ4n) is 3.83. The topological polar surface area (TPSA) is 65.6 Å². The van der Waals surface area contributed by atoms with Crippen molar-refractivity contribution >= 4 is 22.5 Å². The average Bonchev–Trinajstić information content (AvgIpc) is 2.90. The van der Waals surface area contributed by atoms with Crippen LogP contribution < -0.4 is 10.6 Å². The molecule has 0 spiro atoms. The first-order valence-corrected chi connectivity index (χ1v) is 9.76. The summed E-state index contributed by atoms with van der Waals surface area (Å²) in [5.41, 5.74) is 2.53. The van der Waals surface area contributed by atoms with E-state index >= 15 is 0 Å². The number of benzene rings is 1. The molecule has 2 aromatic heterocycles. The van der Waals surface area contributed by atoms with Gasteiger partial charge in [-0.2, -0.15) is 0 Å². The predicted octanol–water partition coefficient (Wildman–Crippen LogP) is 4.75. The minimum Gasteiger partial charge on any atom is -0.370 e. The number of fused-ring (bicyclic) bond motifs is 1. The summed E-state index contributed by atoms with van der Waals surface area (Å²) in [6.45, 7) is 0.849. The number of aromatic amines is 1. The van der Waals surface area contributed by atoms with Crippen molar-refractivity contribution in [2.24, 2.45) is 0 Å². The Balaban J connectivity index is 1.33. The van der Waals surface area contributed by atoms with E-state index in [0.717, 1.165) is 24.6 Å². The molecule has 0 radical (unpaired) electrons. The zero-order chi connectivity index (χ0) is 17.6. The second-order valence-electron chi connectivity index (χ2n) is 7.16. The molecule has 1 fully saturated rings. The fourth-order valence-corrected chi connectivity index (χ4v) is 3.83. The maximum absolute atomic E-state index is 4.40. The van der Waals surface area contributed by atoms with Crippen LogP contribution in [0.15, 0.2) is 42.9 Å². The highest BCUT2D eigenvalue weighted by molar-refractivity contribution is 5.83. The van der Waals surface area contributed by atoms with Crippen LogP contribution in [0.25, 0.3) is 10.9 Å². The lowest BCUT2D eigenvalue weighted by Crippen LogP contribution is -2.19. The Bertz CT molecular complexity index is 833. The van der Waals surface area contributed by atoms with Crippen LogP contribution in [-0.4, -0.2) is 27.5 Å². The van der Waals surface area contributed by atoms with Crippen molar-refractivity contribution in [3.63, 3.8) is 0 Å². The first-order valence-electron chi connectivity index (χ1n) is 9.76. The maximum Gasteiger partial charge on any atom is 0.131 e. The lowest BCUT2D eigenvalue weighted by atomic mass is 10.1. The van der Waals surface area contributed by atoms with Gasteiger partial charge in [0.2, 0.25) is 0 Å². The highest BCUT2D eigenvalue weighted by atomic mass is 15.1. The largest absolute Gasteiger partial charge is 0.370 e. The summed E-state index contributed by atoms with van der Waals surface area (Å²) < 4.78 is 0. The van der Waals surface area contributed by atoms with Crippen molar-refractivity contribution < 1.29 is 0 Å². The Hall–Kier alpha value is -2.56. The van der Waals surface area contributed by atoms with Crippen LogP contribution in [0.5, 0.6) is 0 Å². The summed E-state index contributed by atoms with van der Waals surface area (Å²) in [6, 6.07) is 11.0. The molecule has 0 saturated heterocycles. The van der Waals surface area contributed by atoms with Crippen LogP contribution in [0.4, 0.5) is 11.6 Å². The maximum atomic E-state index is 4.40. The van der Waals surface area contributed by atoms with Crippen LogP contribution in [0.1, 0.15) is 44.1 Å². The molecule has 5 heteroatoms. The van der Waals surface area contributed by atoms with Gasteiger partial charge in [-0.3, -0.25) is 0 Å². The number of nitrogens with zero attached hydrogens (tertiary/aromatic N) is 2. The molecule has 3 N–H and O–H groups in total. The van der Waals surface area contributed by atoms with E-state index < -0.39 is 0 Å². The Kier molecular flexibility index (Phi) is 5.33. The van der Waals surface area contributed by atoms with Gasteiger partial charge in [-0.15, -0.1) is 0 Å². The Morgan fingerprint density at radius 1 is 1.00 bits per heavy atom. The third kappa shape index (κ3) is 4.15. The molecule has 26 heavy (non-hydrogen) atoms. The van der Waals surface area contributed by atoms with Crippen LogP contribution in [0.2, 0.25) is 0 Å². The van der Waals surface area contributed by atoms with Gasteiger partial charge in [0.25, 0.3) is 0 Å². The number of para-hydroxylation sites is 1. The second kappa shape index (κ2) is 8.21. The average molecular weight is 349 g/mol. The molecule has 0 bridgehead atoms. The van der Waals surface area contributed by atoms with Crippen molar-refractivity contribution in [1.29, 1.82) is 0 Å². The molecular weight excluding hydrogens is 322 g/mol. The van der Waals surface area contributed by atoms with Gasteiger partial charge in [-0.25, -0.2) is 9.97 Å². The van der Waals surface area contributed by atoms with Crippen molar-refractivity contribution in [2.75, 3.05) is 17.2 Å². The summed E-state index contributed by atoms with van der Waals surface area (Å²) >= 11 is 0. The zero-order valence-electron chi connectivity index (χ0n) is 15.2. The summed E-state index contributed by atoms with van der Waals surface area (Å²) in [6.07, 6.45) is 12.6. The van der Waals surface area contributed by atoms with E-state index in [4.69, 9.17) is 0 Å². The molecule has 136 valence electrons. The second-order valence-corrected chi connectivity index (χ2v) is 7.16. The van der Waals surface area contributed by atoms with E-state index in [1.54, 1.807) is 6.33 Å². The predicted molar refractivity (Wildman–Crippen MR) is 108 cm³/mol. The minimum absolute atomic E-state index is 0.548. The monoisotopic (exact) mass is 349 g/mol. The van der Waals surface area contributed by atoms with Gasteiger partial charge in [0, 0.05) is 35.8 Å². The molecule has 1 aromatic carbocycles. The number of aromatic nitrogens is 3. The van der Waals surface area contributed by atoms with Gasteiger partial charge in [0.05, 0.1) is 0 Å². The number of hydrogen-bond acceptors (Lipinski definition) is 4. The molecule has 0 atom stereocenters. The summed E-state index contributed by atoms with van der Waals surface area (Å²) in [7, 11) is 0. The van der Waals surface area contributed by atoms with Gasteiger partial charge in [-0.05, 0) is 30.9 Å². The standard InChI is InChI=1S/C21H27N5/c1-2-4-8-17(7-3-1)26-21-13-20(24-15-25-21)22-12-11-16-14-23-19-10-6-5-9-18(16)19/h5-6,9-10,13-15,17,23H,1-4,7-8,11-12H2,(H2,22,24,25,26). The molecule has 1 aliphatic rings. The Morgan fingerprint density at radius 2 is 1.81 bits per heavy atom. The van der Waals surface area contributed by atoms with Crippen molar-refractivity contribution in [3.8, 4) is 0 Å². The molecule has 4 rings (SSSR count). The molecule has 1 saturated carbocycles. The summed E-state index contributed by atoms with van der Waals surface area (Å²) in [5.74, 6) is 1.82. The van der Waals surface area contributed by atoms with Crippen molar-refractivity contribution in [3.05, 3.63) is 48.4 Å². The van der Waals surface area contributed by atoms with E-state index in [1.165, 1.54) is 55.0 Å². The van der Waals surface area contributed by atoms with E-state index in [0.29, 0.717) is 6.04 Å². The Morgan fingerprint density at radius 3 is 2.69 bits per heavy atom. The molecule has 3 aromatic rings. The third-order valence-corrected chi connectivity index (χ3v) is 5.25. The molecular formula is C21H27N5. The molecule has 0 amide bonds. The summed E-state index contributed by atoms with van der Waals surface area (Å²) in [5, 5.41) is 8.32. The van der Waals surface area contributed by atoms with E-state index in [9.17, 15) is 0 Å². The van der Waals surface area contributed by atoms with Crippen LogP contribution >= 0.6 is 0 Å². The highest BCUT2D eigenvalue weighted by Crippen LogP contribution is 2.21. The molecule has 5 nitrogen and oxygen atoms in total. The van der Waals surface area contributed by atoms with Gasteiger partial charge in [0.1, 0.15) is 18.0 Å². The highest BCUT2D eigenvalue weighted by Gasteiger charge is 2.12. The van der Waals surface area contributed by atoms with Crippen molar-refractivity contribution in [2.45, 2.75) is 51.0 Å². The van der Waals surface area contributed by atoms with Gasteiger partial charge < -0.3 is 15.6 Å². The van der Waals surface area contributed by atoms with Crippen LogP contribution in [0.3, 0.4) is 0 Å². The Labute approximate surface area is 154 Å². The molecule has 1 aliphatic carbocycles. The van der Waals surface area contributed by atoms with Crippen LogP contribution in [-0.2, 0) is 6.42 Å². The molecule has 0 unspecified atom stereocenters. The zero-order valence-corrected chi connectivity index (χ0v) is 15.2. The smallest absolute Gasteiger partial charge is 0.131 e. The number of hydrogen-bond donors (Lipinski definition) is 3. The third-order valence-electron chi connectivity index (χ3n) is 5.25. The lowest BCUT2D eigenvalue weighted by molar-refractivity contribution is 0.617. The van der Waals surface area contributed by atoms with Gasteiger partial charge >= 0.3 is 0 Å². The SMILES string of the molecule is c1ccc2c(CCNc3cc(NC4CCCCCC4)ncn3)c[nH]c2c1. The minimum atomic E-state index is 0.548. The number of anilines is 2. The van der Waals surface area contributed by atoms with E-state index in [1.807, 2.05) is 6.07 Å².